The first-order chi connectivity index (χ1) is 5.76. The molecule has 1 aromatic rings. The summed E-state index contributed by atoms with van der Waals surface area (Å²) in [6.45, 7) is 4.18. The van der Waals surface area contributed by atoms with Crippen molar-refractivity contribution in [3.63, 3.8) is 0 Å². The van der Waals surface area contributed by atoms with Gasteiger partial charge in [-0.25, -0.2) is 4.98 Å². The van der Waals surface area contributed by atoms with Crippen LogP contribution in [0.5, 0.6) is 0 Å². The third-order valence-electron chi connectivity index (χ3n) is 2.36. The Hall–Kier alpha value is -0.870. The Morgan fingerprint density at radius 1 is 1.75 bits per heavy atom. The molecule has 0 aromatic carbocycles. The van der Waals surface area contributed by atoms with E-state index in [0.717, 1.165) is 12.2 Å². The summed E-state index contributed by atoms with van der Waals surface area (Å²) in [5.74, 6) is 0. The van der Waals surface area contributed by atoms with E-state index in [9.17, 15) is 5.11 Å². The fourth-order valence-electron chi connectivity index (χ4n) is 1.50. The maximum Gasteiger partial charge on any atom is 0.131 e. The van der Waals surface area contributed by atoms with Crippen molar-refractivity contribution in [2.75, 3.05) is 13.1 Å². The first kappa shape index (κ1) is 7.76. The minimum absolute atomic E-state index is 0.638. The molecule has 0 spiro atoms. The van der Waals surface area contributed by atoms with E-state index >= 15 is 0 Å². The van der Waals surface area contributed by atoms with E-state index in [1.807, 2.05) is 11.5 Å². The van der Waals surface area contributed by atoms with E-state index < -0.39 is 5.60 Å². The number of hydrogen-bond acceptors (Lipinski definition) is 3. The highest BCUT2D eigenvalue weighted by atomic mass is 16.3. The molecule has 1 aliphatic heterocycles. The summed E-state index contributed by atoms with van der Waals surface area (Å²) in [7, 11) is 0. The second-order valence-corrected chi connectivity index (χ2v) is 3.20. The highest BCUT2D eigenvalue weighted by Crippen LogP contribution is 2.24. The minimum Gasteiger partial charge on any atom is -0.381 e. The molecule has 12 heavy (non-hydrogen) atoms. The van der Waals surface area contributed by atoms with Crippen LogP contribution in [0.25, 0.3) is 0 Å². The average Bonchev–Trinajstić information content (AvgIpc) is 2.47. The lowest BCUT2D eigenvalue weighted by atomic mass is 9.93. The largest absolute Gasteiger partial charge is 0.381 e. The van der Waals surface area contributed by atoms with E-state index in [4.69, 9.17) is 0 Å². The van der Waals surface area contributed by atoms with Crippen LogP contribution in [0.1, 0.15) is 12.6 Å². The quantitative estimate of drug-likeness (QED) is 0.635. The average molecular weight is 167 g/mol. The molecule has 2 N–H and O–H groups in total. The number of hydrogen-bond donors (Lipinski definition) is 2. The van der Waals surface area contributed by atoms with Gasteiger partial charge in [0.05, 0.1) is 18.2 Å². The number of aromatic nitrogens is 2. The van der Waals surface area contributed by atoms with Crippen LogP contribution < -0.4 is 5.32 Å². The lowest BCUT2D eigenvalue weighted by molar-refractivity contribution is -0.0215. The summed E-state index contributed by atoms with van der Waals surface area (Å²) < 4.78 is 1.97. The van der Waals surface area contributed by atoms with Crippen molar-refractivity contribution in [2.45, 2.75) is 19.1 Å². The van der Waals surface area contributed by atoms with Crippen molar-refractivity contribution in [2.24, 2.45) is 0 Å². The number of aryl methyl sites for hydroxylation is 1. The predicted octanol–water partition coefficient (Wildman–Crippen LogP) is -0.306. The van der Waals surface area contributed by atoms with Gasteiger partial charge in [-0.15, -0.1) is 0 Å². The highest BCUT2D eigenvalue weighted by Gasteiger charge is 2.38. The Labute approximate surface area is 71.2 Å². The van der Waals surface area contributed by atoms with Gasteiger partial charge in [0.2, 0.25) is 0 Å². The number of aliphatic hydroxyl groups is 1. The van der Waals surface area contributed by atoms with Crippen molar-refractivity contribution < 1.29 is 5.11 Å². The van der Waals surface area contributed by atoms with Gasteiger partial charge >= 0.3 is 0 Å². The molecule has 0 aliphatic carbocycles. The molecule has 1 aromatic heterocycles. The second kappa shape index (κ2) is 2.57. The SMILES string of the molecule is CCn1cncc1C1(O)CNC1. The van der Waals surface area contributed by atoms with Gasteiger partial charge < -0.3 is 15.0 Å². The van der Waals surface area contributed by atoms with E-state index in [1.165, 1.54) is 0 Å². The molecule has 4 heteroatoms. The number of nitrogens with one attached hydrogen (secondary N) is 1. The molecule has 1 fully saturated rings. The van der Waals surface area contributed by atoms with E-state index in [1.54, 1.807) is 12.5 Å². The van der Waals surface area contributed by atoms with Crippen LogP contribution >= 0.6 is 0 Å². The molecular formula is C8H13N3O. The molecular weight excluding hydrogens is 154 g/mol. The molecule has 0 amide bonds. The molecule has 66 valence electrons. The maximum absolute atomic E-state index is 9.96. The molecule has 0 unspecified atom stereocenters. The fraction of sp³-hybridized carbons (Fsp3) is 0.625. The zero-order valence-electron chi connectivity index (χ0n) is 7.12. The lowest BCUT2D eigenvalue weighted by Crippen LogP contribution is -2.57. The summed E-state index contributed by atoms with van der Waals surface area (Å²) in [6.07, 6.45) is 3.50. The normalized spacial score (nSPS) is 20.5. The van der Waals surface area contributed by atoms with Crippen LogP contribution in [-0.2, 0) is 12.1 Å². The molecule has 2 heterocycles. The second-order valence-electron chi connectivity index (χ2n) is 3.20. The van der Waals surface area contributed by atoms with Crippen LogP contribution in [0.4, 0.5) is 0 Å². The predicted molar refractivity (Wildman–Crippen MR) is 44.7 cm³/mol. The number of nitrogens with zero attached hydrogens (tertiary/aromatic N) is 2. The zero-order chi connectivity index (χ0) is 8.60. The van der Waals surface area contributed by atoms with Gasteiger partial charge in [-0.2, -0.15) is 0 Å². The molecule has 0 atom stereocenters. The van der Waals surface area contributed by atoms with Crippen molar-refractivity contribution in [1.29, 1.82) is 0 Å². The lowest BCUT2D eigenvalue weighted by Gasteiger charge is -2.37. The van der Waals surface area contributed by atoms with Crippen LogP contribution in [-0.4, -0.2) is 27.7 Å². The van der Waals surface area contributed by atoms with Crippen LogP contribution in [0.2, 0.25) is 0 Å². The molecule has 0 bridgehead atoms. The molecule has 0 radical (unpaired) electrons. The molecule has 0 saturated carbocycles. The van der Waals surface area contributed by atoms with Crippen LogP contribution in [0, 0.1) is 0 Å². The number of imidazole rings is 1. The van der Waals surface area contributed by atoms with Gasteiger partial charge in [0.15, 0.2) is 0 Å². The number of β-amino-alcohol motifs (C(OH)–C–C–N with tert-alkyl or cyclic N) is 1. The van der Waals surface area contributed by atoms with Gasteiger partial charge in [0.1, 0.15) is 5.60 Å². The Bertz CT molecular complexity index is 278. The summed E-state index contributed by atoms with van der Waals surface area (Å²) in [5.41, 5.74) is 0.246. The standard InChI is InChI=1S/C8H13N3O/c1-2-11-6-9-3-7(11)8(12)4-10-5-8/h3,6,10,12H,2,4-5H2,1H3. The van der Waals surface area contributed by atoms with Gasteiger partial charge in [-0.05, 0) is 6.92 Å². The topological polar surface area (TPSA) is 50.1 Å². The summed E-state index contributed by atoms with van der Waals surface area (Å²) in [5, 5.41) is 13.0. The monoisotopic (exact) mass is 167 g/mol. The van der Waals surface area contributed by atoms with E-state index in [-0.39, 0.29) is 0 Å². The smallest absolute Gasteiger partial charge is 0.131 e. The Morgan fingerprint density at radius 3 is 3.00 bits per heavy atom. The fourth-order valence-corrected chi connectivity index (χ4v) is 1.50. The Balaban J connectivity index is 2.31. The van der Waals surface area contributed by atoms with Crippen LogP contribution in [0.3, 0.4) is 0 Å². The van der Waals surface area contributed by atoms with Crippen molar-refractivity contribution in [1.82, 2.24) is 14.9 Å². The van der Waals surface area contributed by atoms with Crippen molar-refractivity contribution >= 4 is 0 Å². The van der Waals surface area contributed by atoms with E-state index in [2.05, 4.69) is 10.3 Å². The summed E-state index contributed by atoms with van der Waals surface area (Å²) >= 11 is 0. The molecule has 4 nitrogen and oxygen atoms in total. The van der Waals surface area contributed by atoms with Crippen molar-refractivity contribution in [3.05, 3.63) is 18.2 Å². The third-order valence-corrected chi connectivity index (χ3v) is 2.36. The van der Waals surface area contributed by atoms with E-state index in [0.29, 0.717) is 13.1 Å². The van der Waals surface area contributed by atoms with Crippen LogP contribution in [0.15, 0.2) is 12.5 Å². The summed E-state index contributed by atoms with van der Waals surface area (Å²) in [6, 6.07) is 0. The van der Waals surface area contributed by atoms with Gasteiger partial charge in [-0.1, -0.05) is 0 Å². The zero-order valence-corrected chi connectivity index (χ0v) is 7.12. The molecule has 1 saturated heterocycles. The Morgan fingerprint density at radius 2 is 2.50 bits per heavy atom. The van der Waals surface area contributed by atoms with Gasteiger partial charge in [-0.3, -0.25) is 0 Å². The Kier molecular flexibility index (Phi) is 1.66. The summed E-state index contributed by atoms with van der Waals surface area (Å²) in [4.78, 5) is 4.02. The minimum atomic E-state index is -0.674. The third kappa shape index (κ3) is 0.956. The van der Waals surface area contributed by atoms with Crippen molar-refractivity contribution in [3.8, 4) is 0 Å². The van der Waals surface area contributed by atoms with Gasteiger partial charge in [0.25, 0.3) is 0 Å². The molecule has 2 rings (SSSR count). The first-order valence-corrected chi connectivity index (χ1v) is 4.20. The number of rotatable bonds is 2. The molecule has 1 aliphatic rings. The maximum atomic E-state index is 9.96. The van der Waals surface area contributed by atoms with Gasteiger partial charge in [0, 0.05) is 19.6 Å². The highest BCUT2D eigenvalue weighted by molar-refractivity contribution is 5.16. The first-order valence-electron chi connectivity index (χ1n) is 4.20.